The van der Waals surface area contributed by atoms with E-state index in [9.17, 15) is 76.0 Å². The molecule has 1 aromatic heterocycles. The largest absolute Gasteiger partial charge is 0.507 e. The number of phenols is 3. The summed E-state index contributed by atoms with van der Waals surface area (Å²) in [6.45, 7) is 0.709. The summed E-state index contributed by atoms with van der Waals surface area (Å²) in [6.07, 6.45) is -27.0. The lowest BCUT2D eigenvalue weighted by molar-refractivity contribution is -0.318. The monoisotopic (exact) mass is 786 g/mol. The molecule has 3 aromatic rings. The van der Waals surface area contributed by atoms with E-state index in [0.29, 0.717) is 0 Å². The predicted molar refractivity (Wildman–Crippen MR) is 173 cm³/mol. The van der Waals surface area contributed by atoms with Gasteiger partial charge in [0.05, 0.1) is 12.7 Å². The molecule has 15 atom stereocenters. The summed E-state index contributed by atoms with van der Waals surface area (Å²) in [5.74, 6) is -5.65. The van der Waals surface area contributed by atoms with Gasteiger partial charge in [-0.05, 0) is 25.1 Å². The molecule has 0 saturated carbocycles. The molecule has 22 nitrogen and oxygen atoms in total. The minimum Gasteiger partial charge on any atom is -0.507 e. The molecule has 3 saturated heterocycles. The highest BCUT2D eigenvalue weighted by atomic mass is 16.7. The molecule has 0 spiro atoms. The Morgan fingerprint density at radius 2 is 1.29 bits per heavy atom. The van der Waals surface area contributed by atoms with Crippen molar-refractivity contribution in [1.29, 1.82) is 0 Å². The number of aliphatic hydroxyl groups is 9. The van der Waals surface area contributed by atoms with Crippen LogP contribution in [-0.4, -0.2) is 171 Å². The summed E-state index contributed by atoms with van der Waals surface area (Å²) in [5.41, 5.74) is -1.81. The smallest absolute Gasteiger partial charge is 0.335 e. The van der Waals surface area contributed by atoms with Crippen LogP contribution in [0.4, 0.5) is 0 Å². The summed E-state index contributed by atoms with van der Waals surface area (Å²) in [4.78, 5) is 25.6. The summed E-state index contributed by atoms with van der Waals surface area (Å²) >= 11 is 0. The zero-order chi connectivity index (χ0) is 40.2. The number of benzene rings is 2. The van der Waals surface area contributed by atoms with E-state index in [1.165, 1.54) is 6.92 Å². The molecule has 0 aliphatic carbocycles. The number of phenolic OH excluding ortho intramolecular Hbond substituents is 3. The number of carboxylic acid groups (broad SMARTS) is 1. The van der Waals surface area contributed by atoms with Gasteiger partial charge in [0, 0.05) is 17.7 Å². The molecule has 302 valence electrons. The summed E-state index contributed by atoms with van der Waals surface area (Å²) in [5, 5.41) is 133. The standard InChI is InChI=1S/C33H38O22/c1-8-17(37)20(40)24(44)31(50-8)49-7-15-18(38)21(41)25(45)33(53-15)54-28-19(39)16-13(36)5-10(51-32-26(46)22(42)23(43)29(55-32)30(47)48)6-14(16)52-27(28)9-2-3-11(34)12(35)4-9/h2-6,8,15,17-18,20-26,29,31-38,40-46H,7H2,1H3,(H,47,48)/t8-,15+,17-,18+,20-,21-,22-,23-,24+,25?,26+,29-,31+,32+,33-/m0/s1. The van der Waals surface area contributed by atoms with E-state index in [0.717, 1.165) is 30.3 Å². The zero-order valence-electron chi connectivity index (χ0n) is 28.2. The van der Waals surface area contributed by atoms with Gasteiger partial charge in [0.2, 0.25) is 23.8 Å². The van der Waals surface area contributed by atoms with Crippen LogP contribution in [0, 0.1) is 0 Å². The highest BCUT2D eigenvalue weighted by Gasteiger charge is 2.49. The van der Waals surface area contributed by atoms with Crippen LogP contribution in [0.1, 0.15) is 6.92 Å². The molecule has 0 bridgehead atoms. The highest BCUT2D eigenvalue weighted by molar-refractivity contribution is 5.88. The van der Waals surface area contributed by atoms with Crippen LogP contribution in [0.15, 0.2) is 39.5 Å². The lowest BCUT2D eigenvalue weighted by Crippen LogP contribution is -2.61. The maximum atomic E-state index is 14.1. The third kappa shape index (κ3) is 7.60. The van der Waals surface area contributed by atoms with Crippen molar-refractivity contribution in [2.24, 2.45) is 0 Å². The van der Waals surface area contributed by atoms with Crippen molar-refractivity contribution in [3.05, 3.63) is 40.6 Å². The van der Waals surface area contributed by atoms with Gasteiger partial charge in [-0.25, -0.2) is 4.79 Å². The first-order chi connectivity index (χ1) is 25.9. The first-order valence-electron chi connectivity index (χ1n) is 16.5. The summed E-state index contributed by atoms with van der Waals surface area (Å²) in [6, 6.07) is 4.90. The first kappa shape index (κ1) is 40.3. The number of hydrogen-bond acceptors (Lipinski definition) is 21. The van der Waals surface area contributed by atoms with Crippen LogP contribution >= 0.6 is 0 Å². The van der Waals surface area contributed by atoms with Crippen molar-refractivity contribution < 1.29 is 104 Å². The Balaban J connectivity index is 1.34. The van der Waals surface area contributed by atoms with Crippen LogP contribution in [0.2, 0.25) is 0 Å². The van der Waals surface area contributed by atoms with Gasteiger partial charge in [0.15, 0.2) is 29.7 Å². The van der Waals surface area contributed by atoms with Gasteiger partial charge in [-0.15, -0.1) is 0 Å². The van der Waals surface area contributed by atoms with Crippen molar-refractivity contribution in [3.8, 4) is 40.1 Å². The molecule has 1 unspecified atom stereocenters. The van der Waals surface area contributed by atoms with Gasteiger partial charge in [-0.1, -0.05) is 0 Å². The summed E-state index contributed by atoms with van der Waals surface area (Å²) in [7, 11) is 0. The van der Waals surface area contributed by atoms with E-state index in [1.54, 1.807) is 0 Å². The van der Waals surface area contributed by atoms with Gasteiger partial charge < -0.3 is 99.2 Å². The Kier molecular flexibility index (Phi) is 11.4. The minimum absolute atomic E-state index is 0.161. The van der Waals surface area contributed by atoms with Crippen LogP contribution < -0.4 is 14.9 Å². The molecule has 0 radical (unpaired) electrons. The summed E-state index contributed by atoms with van der Waals surface area (Å²) < 4.78 is 38.7. The molecule has 6 rings (SSSR count). The molecule has 2 aromatic carbocycles. The van der Waals surface area contributed by atoms with Crippen molar-refractivity contribution in [2.75, 3.05) is 6.61 Å². The maximum absolute atomic E-state index is 14.1. The SMILES string of the molecule is C[C@@H]1O[C@@H](OC[C@H]2O[C@@H](Oc3c(-c4ccc(O)c(O)c4)oc4cc(O[C@@H]5O[C@H](C(=O)O)[C@@H](O)[C@H](O)[C@H]5O)cc(O)c4c3=O)C(O)[C@@H](O)[C@@H]2O)[C@H](O)[C@@H](O)[C@H]1O. The molecule has 13 N–H and O–H groups in total. The number of aromatic hydroxyl groups is 3. The van der Waals surface area contributed by atoms with Gasteiger partial charge >= 0.3 is 5.97 Å². The highest BCUT2D eigenvalue weighted by Crippen LogP contribution is 2.40. The molecule has 4 heterocycles. The third-order valence-corrected chi connectivity index (χ3v) is 9.34. The molecule has 55 heavy (non-hydrogen) atoms. The Hall–Kier alpha value is -4.40. The minimum atomic E-state index is -2.08. The lowest BCUT2D eigenvalue weighted by atomic mass is 9.98. The number of carboxylic acids is 1. The molecule has 22 heteroatoms. The first-order valence-corrected chi connectivity index (χ1v) is 16.5. The second-order valence-electron chi connectivity index (χ2n) is 13.1. The molecular weight excluding hydrogens is 748 g/mol. The molecule has 3 fully saturated rings. The van der Waals surface area contributed by atoms with Gasteiger partial charge in [-0.3, -0.25) is 4.79 Å². The van der Waals surface area contributed by atoms with E-state index < -0.39 is 156 Å². The number of aliphatic hydroxyl groups excluding tert-OH is 9. The molecule has 3 aliphatic heterocycles. The number of carbonyl (C=O) groups is 1. The predicted octanol–water partition coefficient (Wildman–Crippen LogP) is -4.12. The van der Waals surface area contributed by atoms with E-state index in [2.05, 4.69) is 0 Å². The fourth-order valence-corrected chi connectivity index (χ4v) is 6.18. The average Bonchev–Trinajstić information content (AvgIpc) is 3.14. The van der Waals surface area contributed by atoms with Crippen LogP contribution in [0.3, 0.4) is 0 Å². The van der Waals surface area contributed by atoms with E-state index in [1.807, 2.05) is 0 Å². The molecule has 0 amide bonds. The number of ether oxygens (including phenoxy) is 6. The Morgan fingerprint density at radius 1 is 0.673 bits per heavy atom. The van der Waals surface area contributed by atoms with Crippen molar-refractivity contribution in [2.45, 2.75) is 99.0 Å². The Labute approximate surface area is 307 Å². The maximum Gasteiger partial charge on any atom is 0.335 e. The third-order valence-electron chi connectivity index (χ3n) is 9.34. The van der Waals surface area contributed by atoms with E-state index in [-0.39, 0.29) is 5.56 Å². The number of aliphatic carboxylic acids is 1. The number of hydrogen-bond donors (Lipinski definition) is 13. The van der Waals surface area contributed by atoms with Crippen molar-refractivity contribution in [1.82, 2.24) is 0 Å². The van der Waals surface area contributed by atoms with Crippen LogP contribution in [0.25, 0.3) is 22.3 Å². The van der Waals surface area contributed by atoms with Gasteiger partial charge in [0.1, 0.15) is 83.5 Å². The number of fused-ring (bicyclic) bond motifs is 1. The Morgan fingerprint density at radius 3 is 1.95 bits per heavy atom. The van der Waals surface area contributed by atoms with Gasteiger partial charge in [-0.2, -0.15) is 0 Å². The van der Waals surface area contributed by atoms with Crippen LogP contribution in [-0.2, 0) is 23.7 Å². The quantitative estimate of drug-likeness (QED) is 0.0916. The van der Waals surface area contributed by atoms with Crippen LogP contribution in [0.5, 0.6) is 28.7 Å². The van der Waals surface area contributed by atoms with E-state index in [4.69, 9.17) is 32.8 Å². The molecular formula is C33H38O22. The zero-order valence-corrected chi connectivity index (χ0v) is 28.2. The van der Waals surface area contributed by atoms with E-state index >= 15 is 0 Å². The molecule has 3 aliphatic rings. The lowest BCUT2D eigenvalue weighted by Gasteiger charge is -2.42. The van der Waals surface area contributed by atoms with Crippen molar-refractivity contribution >= 4 is 16.9 Å². The Bertz CT molecular complexity index is 1940. The fourth-order valence-electron chi connectivity index (χ4n) is 6.18. The van der Waals surface area contributed by atoms with Crippen molar-refractivity contribution in [3.63, 3.8) is 0 Å². The second-order valence-corrected chi connectivity index (χ2v) is 13.1. The normalized spacial score (nSPS) is 36.7. The fraction of sp³-hybridized carbons (Fsp3) is 0.515. The van der Waals surface area contributed by atoms with Gasteiger partial charge in [0.25, 0.3) is 0 Å². The second kappa shape index (κ2) is 15.6. The number of rotatable bonds is 9. The average molecular weight is 787 g/mol. The topological polar surface area (TPSA) is 366 Å².